The van der Waals surface area contributed by atoms with Crippen LogP contribution >= 0.6 is 12.4 Å². The van der Waals surface area contributed by atoms with E-state index in [1.165, 1.54) is 6.07 Å². The lowest BCUT2D eigenvalue weighted by Gasteiger charge is -2.20. The van der Waals surface area contributed by atoms with Crippen molar-refractivity contribution in [3.8, 4) is 5.75 Å². The molecular weight excluding hydrogens is 327 g/mol. The minimum Gasteiger partial charge on any atom is -0.486 e. The van der Waals surface area contributed by atoms with Gasteiger partial charge in [0.2, 0.25) is 0 Å². The molecule has 0 saturated heterocycles. The summed E-state index contributed by atoms with van der Waals surface area (Å²) in [7, 11) is 1.83. The molecule has 1 atom stereocenters. The third kappa shape index (κ3) is 5.77. The lowest BCUT2D eigenvalue weighted by molar-refractivity contribution is -0.137. The molecule has 0 bridgehead atoms. The largest absolute Gasteiger partial charge is 0.486 e. The summed E-state index contributed by atoms with van der Waals surface area (Å²) in [6.07, 6.45) is -4.00. The first kappa shape index (κ1) is 19.3. The molecular formula is C17H19ClF3NO. The van der Waals surface area contributed by atoms with Crippen molar-refractivity contribution >= 4 is 12.4 Å². The maximum absolute atomic E-state index is 12.8. The molecule has 0 aliphatic carbocycles. The molecule has 0 heterocycles. The zero-order valence-corrected chi connectivity index (χ0v) is 13.5. The molecule has 1 N–H and O–H groups in total. The predicted octanol–water partition coefficient (Wildman–Crippen LogP) is 4.86. The number of benzene rings is 2. The fourth-order valence-corrected chi connectivity index (χ4v) is 2.15. The van der Waals surface area contributed by atoms with Gasteiger partial charge < -0.3 is 10.1 Å². The average Bonchev–Trinajstić information content (AvgIpc) is 2.52. The number of alkyl halides is 3. The minimum atomic E-state index is -4.37. The third-order valence-electron chi connectivity index (χ3n) is 3.27. The second kappa shape index (κ2) is 8.79. The van der Waals surface area contributed by atoms with Crippen molar-refractivity contribution in [3.05, 3.63) is 65.7 Å². The van der Waals surface area contributed by atoms with Crippen LogP contribution in [0, 0.1) is 0 Å². The summed E-state index contributed by atoms with van der Waals surface area (Å²) in [5.74, 6) is 0.222. The molecule has 0 saturated carbocycles. The van der Waals surface area contributed by atoms with Gasteiger partial charge in [0.05, 0.1) is 5.56 Å². The van der Waals surface area contributed by atoms with Crippen LogP contribution in [0.1, 0.15) is 23.7 Å². The summed E-state index contributed by atoms with van der Waals surface area (Å²) < 4.78 is 44.1. The van der Waals surface area contributed by atoms with Gasteiger partial charge >= 0.3 is 6.18 Å². The van der Waals surface area contributed by atoms with Gasteiger partial charge in [-0.05, 0) is 37.4 Å². The van der Waals surface area contributed by atoms with Gasteiger partial charge in [0.1, 0.15) is 11.9 Å². The van der Waals surface area contributed by atoms with Crippen LogP contribution in [-0.4, -0.2) is 13.6 Å². The number of ether oxygens (including phenoxy) is 1. The highest BCUT2D eigenvalue weighted by molar-refractivity contribution is 5.85. The lowest BCUT2D eigenvalue weighted by Crippen LogP contribution is -2.16. The van der Waals surface area contributed by atoms with Crippen LogP contribution in [-0.2, 0) is 6.18 Å². The summed E-state index contributed by atoms with van der Waals surface area (Å²) in [6, 6.07) is 14.5. The van der Waals surface area contributed by atoms with E-state index in [9.17, 15) is 13.2 Å². The van der Waals surface area contributed by atoms with E-state index in [1.807, 2.05) is 37.4 Å². The van der Waals surface area contributed by atoms with Gasteiger partial charge in [0.15, 0.2) is 0 Å². The van der Waals surface area contributed by atoms with Crippen LogP contribution in [0.4, 0.5) is 13.2 Å². The van der Waals surface area contributed by atoms with Gasteiger partial charge in [0, 0.05) is 6.42 Å². The van der Waals surface area contributed by atoms with Gasteiger partial charge in [-0.15, -0.1) is 12.4 Å². The highest BCUT2D eigenvalue weighted by atomic mass is 35.5. The molecule has 126 valence electrons. The predicted molar refractivity (Wildman–Crippen MR) is 87.0 cm³/mol. The number of hydrogen-bond donors (Lipinski definition) is 1. The minimum absolute atomic E-state index is 0. The molecule has 2 rings (SSSR count). The summed E-state index contributed by atoms with van der Waals surface area (Å²) in [5.41, 5.74) is 0.237. The molecule has 2 aromatic rings. The molecule has 0 radical (unpaired) electrons. The normalized spacial score (nSPS) is 12.3. The van der Waals surface area contributed by atoms with E-state index in [4.69, 9.17) is 4.74 Å². The summed E-state index contributed by atoms with van der Waals surface area (Å²) in [6.45, 7) is 0.707. The van der Waals surface area contributed by atoms with Gasteiger partial charge in [-0.25, -0.2) is 0 Å². The maximum Gasteiger partial charge on any atom is 0.416 e. The SMILES string of the molecule is CNCC[C@@H](Oc1cccc(C(F)(F)F)c1)c1ccccc1.Cl. The lowest BCUT2D eigenvalue weighted by atomic mass is 10.1. The van der Waals surface area contributed by atoms with E-state index < -0.39 is 11.7 Å². The van der Waals surface area contributed by atoms with E-state index in [1.54, 1.807) is 6.07 Å². The Labute approximate surface area is 140 Å². The Balaban J connectivity index is 0.00000264. The second-order valence-corrected chi connectivity index (χ2v) is 4.93. The summed E-state index contributed by atoms with van der Waals surface area (Å²) in [5, 5.41) is 3.03. The van der Waals surface area contributed by atoms with Crippen molar-refractivity contribution in [2.24, 2.45) is 0 Å². The van der Waals surface area contributed by atoms with Crippen molar-refractivity contribution in [2.45, 2.75) is 18.7 Å². The van der Waals surface area contributed by atoms with Crippen LogP contribution in [0.5, 0.6) is 5.75 Å². The Kier molecular flexibility index (Phi) is 7.39. The Morgan fingerprint density at radius 1 is 1.04 bits per heavy atom. The summed E-state index contributed by atoms with van der Waals surface area (Å²) >= 11 is 0. The first-order chi connectivity index (χ1) is 10.5. The van der Waals surface area contributed by atoms with E-state index in [0.29, 0.717) is 13.0 Å². The fraction of sp³-hybridized carbons (Fsp3) is 0.294. The molecule has 0 aliphatic rings. The van der Waals surface area contributed by atoms with Crippen LogP contribution in [0.15, 0.2) is 54.6 Å². The zero-order chi connectivity index (χ0) is 16.0. The molecule has 2 nitrogen and oxygen atoms in total. The molecule has 2 aromatic carbocycles. The van der Waals surface area contributed by atoms with Crippen LogP contribution in [0.3, 0.4) is 0 Å². The Hall–Kier alpha value is -1.72. The highest BCUT2D eigenvalue weighted by Crippen LogP contribution is 2.33. The Morgan fingerprint density at radius 3 is 2.35 bits per heavy atom. The highest BCUT2D eigenvalue weighted by Gasteiger charge is 2.30. The first-order valence-electron chi connectivity index (χ1n) is 7.04. The quantitative estimate of drug-likeness (QED) is 0.807. The van der Waals surface area contributed by atoms with Gasteiger partial charge in [0.25, 0.3) is 0 Å². The number of rotatable bonds is 6. The van der Waals surface area contributed by atoms with Crippen molar-refractivity contribution in [3.63, 3.8) is 0 Å². The second-order valence-electron chi connectivity index (χ2n) is 4.93. The van der Waals surface area contributed by atoms with Gasteiger partial charge in [-0.3, -0.25) is 0 Å². The van der Waals surface area contributed by atoms with Crippen LogP contribution in [0.2, 0.25) is 0 Å². The number of nitrogens with one attached hydrogen (secondary N) is 1. The Morgan fingerprint density at radius 2 is 1.74 bits per heavy atom. The average molecular weight is 346 g/mol. The molecule has 6 heteroatoms. The molecule has 0 fully saturated rings. The van der Waals surface area contributed by atoms with Crippen molar-refractivity contribution in [1.82, 2.24) is 5.32 Å². The molecule has 0 amide bonds. The number of hydrogen-bond acceptors (Lipinski definition) is 2. The van der Waals surface area contributed by atoms with Crippen LogP contribution in [0.25, 0.3) is 0 Å². The van der Waals surface area contributed by atoms with Crippen molar-refractivity contribution in [2.75, 3.05) is 13.6 Å². The third-order valence-corrected chi connectivity index (χ3v) is 3.27. The molecule has 0 spiro atoms. The van der Waals surface area contributed by atoms with E-state index >= 15 is 0 Å². The molecule has 23 heavy (non-hydrogen) atoms. The number of halogens is 4. The molecule has 0 aromatic heterocycles. The zero-order valence-electron chi connectivity index (χ0n) is 12.6. The first-order valence-corrected chi connectivity index (χ1v) is 7.04. The van der Waals surface area contributed by atoms with Crippen LogP contribution < -0.4 is 10.1 Å². The monoisotopic (exact) mass is 345 g/mol. The van der Waals surface area contributed by atoms with E-state index in [2.05, 4.69) is 5.32 Å². The van der Waals surface area contributed by atoms with Crippen molar-refractivity contribution < 1.29 is 17.9 Å². The Bertz CT molecular complexity index is 590. The van der Waals surface area contributed by atoms with E-state index in [0.717, 1.165) is 17.7 Å². The van der Waals surface area contributed by atoms with Crippen molar-refractivity contribution in [1.29, 1.82) is 0 Å². The maximum atomic E-state index is 12.8. The van der Waals surface area contributed by atoms with Gasteiger partial charge in [-0.2, -0.15) is 13.2 Å². The summed E-state index contributed by atoms with van der Waals surface area (Å²) in [4.78, 5) is 0. The molecule has 0 aliphatic heterocycles. The fourth-order valence-electron chi connectivity index (χ4n) is 2.15. The van der Waals surface area contributed by atoms with E-state index in [-0.39, 0.29) is 24.3 Å². The molecule has 0 unspecified atom stereocenters. The topological polar surface area (TPSA) is 21.3 Å². The standard InChI is InChI=1S/C17H18F3NO.ClH/c1-21-11-10-16(13-6-3-2-4-7-13)22-15-9-5-8-14(12-15)17(18,19)20;/h2-9,12,16,21H,10-11H2,1H3;1H/t16-;/m1./s1. The smallest absolute Gasteiger partial charge is 0.416 e. The van der Waals surface area contributed by atoms with Gasteiger partial charge in [-0.1, -0.05) is 36.4 Å².